The molecule has 0 N–H and O–H groups in total. The number of hydrogen-bond donors (Lipinski definition) is 0. The van der Waals surface area contributed by atoms with E-state index in [1.807, 2.05) is 41.1 Å². The molecule has 3 aromatic heterocycles. The van der Waals surface area contributed by atoms with E-state index in [1.165, 1.54) is 12.8 Å². The second kappa shape index (κ2) is 6.96. The monoisotopic (exact) mass is 381 g/mol. The number of nitrogens with zero attached hydrogens (tertiary/aromatic N) is 5. The van der Waals surface area contributed by atoms with Gasteiger partial charge in [-0.2, -0.15) is 0 Å². The van der Waals surface area contributed by atoms with E-state index in [0.29, 0.717) is 6.04 Å². The van der Waals surface area contributed by atoms with Crippen LogP contribution in [0.1, 0.15) is 59.6 Å². The number of carbonyl (C=O) groups excluding carboxylic acids is 1. The summed E-state index contributed by atoms with van der Waals surface area (Å²) in [6.45, 7) is 2.31. The molecule has 0 bridgehead atoms. The number of rotatable bonds is 5. The largest absolute Gasteiger partial charge is 0.340 e. The molecule has 1 amide bonds. The van der Waals surface area contributed by atoms with Crippen molar-refractivity contribution in [3.05, 3.63) is 58.8 Å². The van der Waals surface area contributed by atoms with Gasteiger partial charge in [0.2, 0.25) is 0 Å². The van der Waals surface area contributed by atoms with Crippen molar-refractivity contribution in [2.24, 2.45) is 0 Å². The minimum atomic E-state index is 0.161. The smallest absolute Gasteiger partial charge is 0.270 e. The van der Waals surface area contributed by atoms with Crippen LogP contribution in [0, 0.1) is 0 Å². The van der Waals surface area contributed by atoms with Crippen LogP contribution in [0.15, 0.2) is 41.6 Å². The lowest BCUT2D eigenvalue weighted by Crippen LogP contribution is -2.40. The summed E-state index contributed by atoms with van der Waals surface area (Å²) in [5.41, 5.74) is 3.76. The molecule has 1 aliphatic heterocycles. The molecule has 2 fully saturated rings. The van der Waals surface area contributed by atoms with E-state index in [0.717, 1.165) is 49.7 Å². The molecule has 1 saturated carbocycles. The molecule has 0 radical (unpaired) electrons. The SMILES string of the molecule is O=C(c1cccn1C1CC1)N1CCC[C@H](c2nccn2Cc2cscn2)C1. The fourth-order valence-corrected chi connectivity index (χ4v) is 4.63. The average molecular weight is 382 g/mol. The van der Waals surface area contributed by atoms with E-state index in [9.17, 15) is 4.79 Å². The summed E-state index contributed by atoms with van der Waals surface area (Å²) in [4.78, 5) is 24.2. The number of thiazole rings is 1. The summed E-state index contributed by atoms with van der Waals surface area (Å²) in [7, 11) is 0. The molecular weight excluding hydrogens is 358 g/mol. The number of piperidine rings is 1. The highest BCUT2D eigenvalue weighted by Crippen LogP contribution is 2.36. The number of imidazole rings is 1. The van der Waals surface area contributed by atoms with Crippen LogP contribution in [0.25, 0.3) is 0 Å². The number of amides is 1. The van der Waals surface area contributed by atoms with Crippen molar-refractivity contribution in [1.29, 1.82) is 0 Å². The molecule has 0 aromatic carbocycles. The lowest BCUT2D eigenvalue weighted by atomic mass is 9.96. The minimum absolute atomic E-state index is 0.161. The third-order valence-electron chi connectivity index (χ3n) is 5.58. The van der Waals surface area contributed by atoms with Crippen LogP contribution >= 0.6 is 11.3 Å². The number of likely N-dealkylation sites (tertiary alicyclic amines) is 1. The van der Waals surface area contributed by atoms with Crippen molar-refractivity contribution in [3.63, 3.8) is 0 Å². The molecule has 27 heavy (non-hydrogen) atoms. The standard InChI is InChI=1S/C20H23N5OS/c26-20(18-4-2-9-25(18)17-5-6-17)24-8-1-3-15(11-24)19-21-7-10-23(19)12-16-13-27-14-22-16/h2,4,7,9-10,13-15,17H,1,3,5-6,8,11-12H2/t15-/m0/s1. The summed E-state index contributed by atoms with van der Waals surface area (Å²) in [6, 6.07) is 4.48. The molecule has 0 unspecified atom stereocenters. The Hall–Kier alpha value is -2.41. The van der Waals surface area contributed by atoms with E-state index in [1.54, 1.807) is 11.3 Å². The molecule has 2 aliphatic rings. The normalized spacial score (nSPS) is 20.1. The van der Waals surface area contributed by atoms with Gasteiger partial charge in [0.1, 0.15) is 11.5 Å². The van der Waals surface area contributed by atoms with Crippen LogP contribution in [-0.2, 0) is 6.54 Å². The van der Waals surface area contributed by atoms with Crippen LogP contribution in [0.4, 0.5) is 0 Å². The highest BCUT2D eigenvalue weighted by atomic mass is 32.1. The van der Waals surface area contributed by atoms with Crippen LogP contribution in [0.2, 0.25) is 0 Å². The van der Waals surface area contributed by atoms with Gasteiger partial charge in [-0.3, -0.25) is 4.79 Å². The van der Waals surface area contributed by atoms with Crippen LogP contribution in [0.3, 0.4) is 0 Å². The van der Waals surface area contributed by atoms with Gasteiger partial charge in [0.25, 0.3) is 5.91 Å². The maximum Gasteiger partial charge on any atom is 0.270 e. The van der Waals surface area contributed by atoms with Crippen LogP contribution < -0.4 is 0 Å². The Bertz CT molecular complexity index is 924. The Labute approximate surface area is 162 Å². The van der Waals surface area contributed by atoms with E-state index in [4.69, 9.17) is 0 Å². The maximum atomic E-state index is 13.1. The van der Waals surface area contributed by atoms with Gasteiger partial charge < -0.3 is 14.0 Å². The van der Waals surface area contributed by atoms with Gasteiger partial charge in [-0.1, -0.05) is 0 Å². The average Bonchev–Trinajstić information content (AvgIpc) is 3.09. The molecule has 140 valence electrons. The second-order valence-electron chi connectivity index (χ2n) is 7.52. The van der Waals surface area contributed by atoms with Gasteiger partial charge in [0.15, 0.2) is 0 Å². The predicted octanol–water partition coefficient (Wildman–Crippen LogP) is 3.54. The molecule has 1 atom stereocenters. The zero-order valence-electron chi connectivity index (χ0n) is 15.2. The van der Waals surface area contributed by atoms with E-state index in [-0.39, 0.29) is 11.8 Å². The first-order valence-corrected chi connectivity index (χ1v) is 10.6. The molecule has 0 spiro atoms. The summed E-state index contributed by atoms with van der Waals surface area (Å²) in [5.74, 6) is 1.51. The van der Waals surface area contributed by atoms with Gasteiger partial charge in [0, 0.05) is 49.0 Å². The first-order chi connectivity index (χ1) is 13.3. The highest BCUT2D eigenvalue weighted by molar-refractivity contribution is 7.07. The third-order valence-corrected chi connectivity index (χ3v) is 6.21. The fourth-order valence-electron chi connectivity index (χ4n) is 4.08. The quantitative estimate of drug-likeness (QED) is 0.679. The second-order valence-corrected chi connectivity index (χ2v) is 8.23. The van der Waals surface area contributed by atoms with Crippen LogP contribution in [-0.4, -0.2) is 43.0 Å². The lowest BCUT2D eigenvalue weighted by Gasteiger charge is -2.33. The van der Waals surface area contributed by atoms with Crippen molar-refractivity contribution >= 4 is 17.2 Å². The molecule has 6 nitrogen and oxygen atoms in total. The number of carbonyl (C=O) groups is 1. The fraction of sp³-hybridized carbons (Fsp3) is 0.450. The Balaban J connectivity index is 1.33. The van der Waals surface area contributed by atoms with Gasteiger partial charge >= 0.3 is 0 Å². The third kappa shape index (κ3) is 3.32. The van der Waals surface area contributed by atoms with Crippen molar-refractivity contribution in [2.75, 3.05) is 13.1 Å². The summed E-state index contributed by atoms with van der Waals surface area (Å²) >= 11 is 1.61. The summed E-state index contributed by atoms with van der Waals surface area (Å²) < 4.78 is 4.34. The molecule has 5 rings (SSSR count). The van der Waals surface area contributed by atoms with Crippen molar-refractivity contribution in [1.82, 2.24) is 24.0 Å². The zero-order chi connectivity index (χ0) is 18.2. The Kier molecular flexibility index (Phi) is 4.32. The van der Waals surface area contributed by atoms with Crippen LogP contribution in [0.5, 0.6) is 0 Å². The highest BCUT2D eigenvalue weighted by Gasteiger charge is 2.32. The lowest BCUT2D eigenvalue weighted by molar-refractivity contribution is 0.0692. The molecular formula is C20H23N5OS. The van der Waals surface area contributed by atoms with Gasteiger partial charge in [-0.25, -0.2) is 9.97 Å². The molecule has 3 aromatic rings. The van der Waals surface area contributed by atoms with E-state index < -0.39 is 0 Å². The first-order valence-electron chi connectivity index (χ1n) is 9.64. The predicted molar refractivity (Wildman–Crippen MR) is 104 cm³/mol. The first kappa shape index (κ1) is 16.7. The minimum Gasteiger partial charge on any atom is -0.340 e. The number of aromatic nitrogens is 4. The van der Waals surface area contributed by atoms with Crippen molar-refractivity contribution in [2.45, 2.75) is 44.2 Å². The van der Waals surface area contributed by atoms with Crippen molar-refractivity contribution < 1.29 is 4.79 Å². The summed E-state index contributed by atoms with van der Waals surface area (Å²) in [5, 5.41) is 2.08. The topological polar surface area (TPSA) is 56.0 Å². The zero-order valence-corrected chi connectivity index (χ0v) is 16.0. The van der Waals surface area contributed by atoms with Crippen molar-refractivity contribution in [3.8, 4) is 0 Å². The summed E-state index contributed by atoms with van der Waals surface area (Å²) in [6.07, 6.45) is 10.4. The van der Waals surface area contributed by atoms with Gasteiger partial charge in [-0.05, 0) is 37.8 Å². The van der Waals surface area contributed by atoms with Gasteiger partial charge in [-0.15, -0.1) is 11.3 Å². The number of hydrogen-bond acceptors (Lipinski definition) is 4. The molecule has 1 aliphatic carbocycles. The molecule has 1 saturated heterocycles. The Morgan fingerprint density at radius 1 is 1.22 bits per heavy atom. The molecule has 7 heteroatoms. The van der Waals surface area contributed by atoms with Gasteiger partial charge in [0.05, 0.1) is 17.7 Å². The maximum absolute atomic E-state index is 13.1. The van der Waals surface area contributed by atoms with E-state index in [2.05, 4.69) is 24.5 Å². The Morgan fingerprint density at radius 2 is 2.15 bits per heavy atom. The van der Waals surface area contributed by atoms with E-state index >= 15 is 0 Å². The Morgan fingerprint density at radius 3 is 2.96 bits per heavy atom. The molecule has 4 heterocycles.